The molecule has 0 spiro atoms. The van der Waals surface area contributed by atoms with E-state index in [4.69, 9.17) is 12.2 Å². The van der Waals surface area contributed by atoms with E-state index < -0.39 is 0 Å². The van der Waals surface area contributed by atoms with Gasteiger partial charge < -0.3 is 5.32 Å². The van der Waals surface area contributed by atoms with Crippen LogP contribution in [0.1, 0.15) is 16.7 Å². The smallest absolute Gasteiger partial charge is 0.263 e. The van der Waals surface area contributed by atoms with Crippen molar-refractivity contribution in [1.29, 1.82) is 0 Å². The molecule has 4 heteroatoms. The number of thiocarbonyl (C=S) groups is 1. The van der Waals surface area contributed by atoms with Gasteiger partial charge in [-0.05, 0) is 29.2 Å². The fourth-order valence-electron chi connectivity index (χ4n) is 2.14. The Morgan fingerprint density at radius 3 is 2.29 bits per heavy atom. The van der Waals surface area contributed by atoms with E-state index in [2.05, 4.69) is 29.6 Å². The van der Waals surface area contributed by atoms with Crippen LogP contribution >= 0.6 is 24.0 Å². The topological polar surface area (TPSA) is 29.1 Å². The van der Waals surface area contributed by atoms with Gasteiger partial charge in [-0.1, -0.05) is 78.6 Å². The quantitative estimate of drug-likeness (QED) is 0.691. The van der Waals surface area contributed by atoms with Crippen LogP contribution in [0.4, 0.5) is 0 Å². The number of hydrogen-bond donors (Lipinski definition) is 1. The van der Waals surface area contributed by atoms with Crippen LogP contribution in [0, 0.1) is 0 Å². The van der Waals surface area contributed by atoms with Crippen LogP contribution in [0.5, 0.6) is 0 Å². The van der Waals surface area contributed by atoms with Gasteiger partial charge >= 0.3 is 0 Å². The molecule has 1 saturated heterocycles. The highest BCUT2D eigenvalue weighted by molar-refractivity contribution is 8.26. The highest BCUT2D eigenvalue weighted by Crippen LogP contribution is 2.26. The van der Waals surface area contributed by atoms with Crippen molar-refractivity contribution < 1.29 is 4.79 Å². The molecule has 104 valence electrons. The molecule has 0 aliphatic carbocycles. The lowest BCUT2D eigenvalue weighted by Gasteiger charge is -2.02. The summed E-state index contributed by atoms with van der Waals surface area (Å²) in [7, 11) is 0. The average Bonchev–Trinajstić information content (AvgIpc) is 2.80. The molecule has 2 nitrogen and oxygen atoms in total. The number of hydrogen-bond acceptors (Lipinski definition) is 3. The van der Waals surface area contributed by atoms with E-state index in [1.54, 1.807) is 0 Å². The van der Waals surface area contributed by atoms with Crippen molar-refractivity contribution in [2.75, 3.05) is 0 Å². The van der Waals surface area contributed by atoms with Crippen molar-refractivity contribution in [2.24, 2.45) is 0 Å². The van der Waals surface area contributed by atoms with Gasteiger partial charge in [0.05, 0.1) is 4.91 Å². The van der Waals surface area contributed by atoms with Crippen LogP contribution in [0.15, 0.2) is 59.5 Å². The Bertz CT molecular complexity index is 705. The number of benzene rings is 2. The molecule has 21 heavy (non-hydrogen) atoms. The number of thioether (sulfide) groups is 1. The maximum atomic E-state index is 11.6. The van der Waals surface area contributed by atoms with Gasteiger partial charge in [-0.3, -0.25) is 4.79 Å². The zero-order valence-electron chi connectivity index (χ0n) is 11.2. The van der Waals surface area contributed by atoms with Crippen molar-refractivity contribution in [3.05, 3.63) is 76.2 Å². The molecule has 1 fully saturated rings. The van der Waals surface area contributed by atoms with E-state index in [-0.39, 0.29) is 5.91 Å². The first-order valence-electron chi connectivity index (χ1n) is 6.58. The third kappa shape index (κ3) is 3.60. The van der Waals surface area contributed by atoms with Gasteiger partial charge in [-0.2, -0.15) is 0 Å². The summed E-state index contributed by atoms with van der Waals surface area (Å²) >= 11 is 6.28. The number of amides is 1. The van der Waals surface area contributed by atoms with Crippen molar-refractivity contribution in [3.63, 3.8) is 0 Å². The lowest BCUT2D eigenvalue weighted by Crippen LogP contribution is -2.17. The van der Waals surface area contributed by atoms with Crippen LogP contribution in [0.2, 0.25) is 0 Å². The summed E-state index contributed by atoms with van der Waals surface area (Å²) in [5.74, 6) is -0.113. The van der Waals surface area contributed by atoms with E-state index in [1.807, 2.05) is 36.4 Å². The predicted octanol–water partition coefficient (Wildman–Crippen LogP) is 3.77. The molecule has 0 saturated carbocycles. The fraction of sp³-hybridized carbons (Fsp3) is 0.0588. The van der Waals surface area contributed by atoms with Crippen LogP contribution in [-0.2, 0) is 11.2 Å². The summed E-state index contributed by atoms with van der Waals surface area (Å²) in [4.78, 5) is 12.3. The average molecular weight is 311 g/mol. The largest absolute Gasteiger partial charge is 0.307 e. The summed E-state index contributed by atoms with van der Waals surface area (Å²) in [6.07, 6.45) is 2.78. The first kappa shape index (κ1) is 14.0. The van der Waals surface area contributed by atoms with Gasteiger partial charge in [0.1, 0.15) is 4.32 Å². The first-order valence-corrected chi connectivity index (χ1v) is 7.81. The fourth-order valence-corrected chi connectivity index (χ4v) is 3.18. The second-order valence-electron chi connectivity index (χ2n) is 4.76. The normalized spacial score (nSPS) is 16.3. The molecule has 1 N–H and O–H groups in total. The second-order valence-corrected chi connectivity index (χ2v) is 6.48. The molecule has 0 radical (unpaired) electrons. The van der Waals surface area contributed by atoms with Crippen molar-refractivity contribution >= 4 is 40.3 Å². The van der Waals surface area contributed by atoms with Crippen LogP contribution in [0.3, 0.4) is 0 Å². The summed E-state index contributed by atoms with van der Waals surface area (Å²) < 4.78 is 0.520. The summed E-state index contributed by atoms with van der Waals surface area (Å²) in [5.41, 5.74) is 3.55. The zero-order valence-corrected chi connectivity index (χ0v) is 12.8. The molecular weight excluding hydrogens is 298 g/mol. The van der Waals surface area contributed by atoms with Crippen LogP contribution in [-0.4, -0.2) is 10.2 Å². The van der Waals surface area contributed by atoms with Gasteiger partial charge in [0, 0.05) is 0 Å². The minimum absolute atomic E-state index is 0.113. The Labute approximate surface area is 133 Å². The molecule has 1 aliphatic heterocycles. The standard InChI is InChI=1S/C17H13NOS2/c19-16-15(21-17(20)18-16)11-14-8-6-13(7-9-14)10-12-4-2-1-3-5-12/h1-9,11H,10H2,(H,18,19,20). The summed E-state index contributed by atoms with van der Waals surface area (Å²) in [6, 6.07) is 18.6. The Kier molecular flexibility index (Phi) is 4.18. The van der Waals surface area contributed by atoms with Crippen molar-refractivity contribution in [3.8, 4) is 0 Å². The zero-order chi connectivity index (χ0) is 14.7. The third-order valence-electron chi connectivity index (χ3n) is 3.17. The Balaban J connectivity index is 1.74. The van der Waals surface area contributed by atoms with E-state index >= 15 is 0 Å². The highest BCUT2D eigenvalue weighted by Gasteiger charge is 2.21. The molecule has 0 bridgehead atoms. The SMILES string of the molecule is O=C1NC(=S)SC1=Cc1ccc(Cc2ccccc2)cc1. The Hall–Kier alpha value is -1.91. The lowest BCUT2D eigenvalue weighted by molar-refractivity contribution is -0.115. The molecular formula is C17H13NOS2. The molecule has 3 rings (SSSR count). The van der Waals surface area contributed by atoms with E-state index in [9.17, 15) is 4.79 Å². The molecule has 0 unspecified atom stereocenters. The molecule has 0 atom stereocenters. The molecule has 1 heterocycles. The number of nitrogens with one attached hydrogen (secondary N) is 1. The van der Waals surface area contributed by atoms with Gasteiger partial charge in [-0.15, -0.1) is 0 Å². The maximum Gasteiger partial charge on any atom is 0.263 e. The molecule has 1 amide bonds. The maximum absolute atomic E-state index is 11.6. The van der Waals surface area contributed by atoms with Gasteiger partial charge in [0.15, 0.2) is 0 Å². The monoisotopic (exact) mass is 311 g/mol. The van der Waals surface area contributed by atoms with Gasteiger partial charge in [0.25, 0.3) is 5.91 Å². The number of carbonyl (C=O) groups is 1. The molecule has 0 aromatic heterocycles. The minimum atomic E-state index is -0.113. The molecule has 2 aromatic rings. The lowest BCUT2D eigenvalue weighted by atomic mass is 10.0. The van der Waals surface area contributed by atoms with Crippen molar-refractivity contribution in [1.82, 2.24) is 5.32 Å². The second kappa shape index (κ2) is 6.24. The van der Waals surface area contributed by atoms with E-state index in [0.29, 0.717) is 9.23 Å². The summed E-state index contributed by atoms with van der Waals surface area (Å²) in [5, 5.41) is 2.62. The summed E-state index contributed by atoms with van der Waals surface area (Å²) in [6.45, 7) is 0. The third-order valence-corrected chi connectivity index (χ3v) is 4.33. The molecule has 1 aliphatic rings. The first-order chi connectivity index (χ1) is 10.2. The van der Waals surface area contributed by atoms with Gasteiger partial charge in [0.2, 0.25) is 0 Å². The molecule has 2 aromatic carbocycles. The van der Waals surface area contributed by atoms with Crippen molar-refractivity contribution in [2.45, 2.75) is 6.42 Å². The Morgan fingerprint density at radius 2 is 1.67 bits per heavy atom. The highest BCUT2D eigenvalue weighted by atomic mass is 32.2. The minimum Gasteiger partial charge on any atom is -0.307 e. The predicted molar refractivity (Wildman–Crippen MR) is 92.0 cm³/mol. The number of rotatable bonds is 3. The Morgan fingerprint density at radius 1 is 1.00 bits per heavy atom. The number of carbonyl (C=O) groups excluding carboxylic acids is 1. The van der Waals surface area contributed by atoms with E-state index in [1.165, 1.54) is 22.9 Å². The van der Waals surface area contributed by atoms with Gasteiger partial charge in [-0.25, -0.2) is 0 Å². The van der Waals surface area contributed by atoms with Crippen LogP contribution < -0.4 is 5.32 Å². The van der Waals surface area contributed by atoms with E-state index in [0.717, 1.165) is 12.0 Å². The van der Waals surface area contributed by atoms with Crippen LogP contribution in [0.25, 0.3) is 6.08 Å².